The van der Waals surface area contributed by atoms with Gasteiger partial charge in [0.25, 0.3) is 10.0 Å². The number of nitrogens with zero attached hydrogens (tertiary/aromatic N) is 2. The molecule has 98 valence electrons. The van der Waals surface area contributed by atoms with Crippen LogP contribution in [-0.4, -0.2) is 30.1 Å². The van der Waals surface area contributed by atoms with Crippen LogP contribution in [0.3, 0.4) is 0 Å². The van der Waals surface area contributed by atoms with Crippen LogP contribution < -0.4 is 4.72 Å². The lowest BCUT2D eigenvalue weighted by atomic mass is 10.1. The summed E-state index contributed by atoms with van der Waals surface area (Å²) in [7, 11) is -2.15. The molecule has 0 aliphatic heterocycles. The molecule has 2 atom stereocenters. The quantitative estimate of drug-likeness (QED) is 0.840. The van der Waals surface area contributed by atoms with Crippen LogP contribution in [0.25, 0.3) is 0 Å². The number of rotatable bonds is 5. The highest BCUT2D eigenvalue weighted by Crippen LogP contribution is 2.20. The molecule has 1 aromatic rings. The summed E-state index contributed by atoms with van der Waals surface area (Å²) in [5.41, 5.74) is 0. The molecule has 1 rings (SSSR count). The van der Waals surface area contributed by atoms with Gasteiger partial charge in [-0.3, -0.25) is 4.68 Å². The average Bonchev–Trinajstić information content (AvgIpc) is 2.57. The number of aromatic nitrogens is 2. The molecule has 0 saturated carbocycles. The van der Waals surface area contributed by atoms with Crippen molar-refractivity contribution in [1.29, 1.82) is 0 Å². The van der Waals surface area contributed by atoms with Gasteiger partial charge in [-0.15, -0.1) is 11.6 Å². The zero-order valence-corrected chi connectivity index (χ0v) is 12.1. The number of hydrogen-bond donors (Lipinski definition) is 1. The summed E-state index contributed by atoms with van der Waals surface area (Å²) in [4.78, 5) is 0. The molecule has 0 fully saturated rings. The van der Waals surface area contributed by atoms with Crippen molar-refractivity contribution >= 4 is 33.2 Å². The zero-order valence-electron chi connectivity index (χ0n) is 9.81. The lowest BCUT2D eigenvalue weighted by molar-refractivity contribution is 0.476. The second kappa shape index (κ2) is 5.56. The average molecular weight is 300 g/mol. The van der Waals surface area contributed by atoms with E-state index in [1.807, 2.05) is 6.92 Å². The molecule has 5 nitrogen and oxygen atoms in total. The van der Waals surface area contributed by atoms with Crippen LogP contribution in [0, 0.1) is 5.92 Å². The minimum atomic E-state index is -3.67. The van der Waals surface area contributed by atoms with Gasteiger partial charge in [0.1, 0.15) is 0 Å². The van der Waals surface area contributed by atoms with Crippen molar-refractivity contribution in [3.63, 3.8) is 0 Å². The minimum absolute atomic E-state index is 0.0263. The Hall–Kier alpha value is -0.300. The van der Waals surface area contributed by atoms with Crippen molar-refractivity contribution in [2.24, 2.45) is 13.0 Å². The van der Waals surface area contributed by atoms with E-state index >= 15 is 0 Å². The molecule has 0 bridgehead atoms. The first-order valence-electron chi connectivity index (χ1n) is 5.05. The van der Waals surface area contributed by atoms with Gasteiger partial charge in [0.2, 0.25) is 0 Å². The molecular weight excluding hydrogens is 285 g/mol. The molecule has 0 saturated heterocycles. The van der Waals surface area contributed by atoms with Gasteiger partial charge in [-0.25, -0.2) is 13.1 Å². The van der Waals surface area contributed by atoms with Crippen LogP contribution in [0.4, 0.5) is 0 Å². The number of nitrogens with one attached hydrogen (secondary N) is 1. The molecule has 0 amide bonds. The fourth-order valence-electron chi connectivity index (χ4n) is 1.25. The third-order valence-corrected chi connectivity index (χ3v) is 5.09. The van der Waals surface area contributed by atoms with E-state index in [9.17, 15) is 8.42 Å². The highest BCUT2D eigenvalue weighted by Gasteiger charge is 2.26. The first kappa shape index (κ1) is 14.8. The van der Waals surface area contributed by atoms with E-state index in [1.165, 1.54) is 17.9 Å². The van der Waals surface area contributed by atoms with E-state index in [0.29, 0.717) is 5.88 Å². The van der Waals surface area contributed by atoms with Crippen molar-refractivity contribution < 1.29 is 8.42 Å². The van der Waals surface area contributed by atoms with Crippen LogP contribution in [-0.2, 0) is 17.1 Å². The summed E-state index contributed by atoms with van der Waals surface area (Å²) in [5.74, 6) is 0.404. The smallest absolute Gasteiger partial charge is 0.255 e. The molecule has 2 unspecified atom stereocenters. The third kappa shape index (κ3) is 3.34. The molecule has 1 heterocycles. The largest absolute Gasteiger partial charge is 0.259 e. The Kier molecular flexibility index (Phi) is 4.83. The Labute approximate surface area is 111 Å². The number of aryl methyl sites for hydroxylation is 1. The Balaban J connectivity index is 2.98. The topological polar surface area (TPSA) is 64.0 Å². The summed E-state index contributed by atoms with van der Waals surface area (Å²) >= 11 is 11.5. The second-order valence-corrected chi connectivity index (χ2v) is 6.31. The van der Waals surface area contributed by atoms with Gasteiger partial charge in [-0.1, -0.05) is 18.5 Å². The molecule has 1 N–H and O–H groups in total. The molecular formula is C9H15Cl2N3O2S. The number of halogens is 2. The van der Waals surface area contributed by atoms with Crippen molar-refractivity contribution in [2.75, 3.05) is 5.88 Å². The highest BCUT2D eigenvalue weighted by atomic mass is 35.5. The molecule has 1 aromatic heterocycles. The predicted octanol–water partition coefficient (Wildman–Crippen LogP) is 1.62. The number of hydrogen-bond acceptors (Lipinski definition) is 3. The van der Waals surface area contributed by atoms with Crippen molar-refractivity contribution in [3.05, 3.63) is 11.2 Å². The Morgan fingerprint density at radius 3 is 2.53 bits per heavy atom. The van der Waals surface area contributed by atoms with E-state index in [2.05, 4.69) is 9.82 Å². The maximum atomic E-state index is 12.1. The summed E-state index contributed by atoms with van der Waals surface area (Å²) in [6.45, 7) is 3.62. The van der Waals surface area contributed by atoms with Gasteiger partial charge in [0.05, 0.1) is 11.2 Å². The lowest BCUT2D eigenvalue weighted by Crippen LogP contribution is -2.38. The van der Waals surface area contributed by atoms with Gasteiger partial charge in [-0.05, 0) is 12.8 Å². The van der Waals surface area contributed by atoms with Crippen molar-refractivity contribution in [1.82, 2.24) is 14.5 Å². The molecule has 0 aromatic carbocycles. The lowest BCUT2D eigenvalue weighted by Gasteiger charge is -2.19. The van der Waals surface area contributed by atoms with E-state index in [4.69, 9.17) is 23.2 Å². The SMILES string of the molecule is CC(CCl)C(C)NS(=O)(=O)c1c(Cl)cnn1C. The van der Waals surface area contributed by atoms with Crippen LogP contribution in [0.15, 0.2) is 11.2 Å². The summed E-state index contributed by atoms with van der Waals surface area (Å²) < 4.78 is 27.9. The first-order chi connectivity index (χ1) is 7.79. The fourth-order valence-corrected chi connectivity index (χ4v) is 3.53. The molecule has 8 heteroatoms. The van der Waals surface area contributed by atoms with E-state index in [0.717, 1.165) is 0 Å². The van der Waals surface area contributed by atoms with Crippen molar-refractivity contribution in [3.8, 4) is 0 Å². The Bertz CT molecular complexity index is 467. The molecule has 0 radical (unpaired) electrons. The first-order valence-corrected chi connectivity index (χ1v) is 7.45. The highest BCUT2D eigenvalue weighted by molar-refractivity contribution is 7.89. The fraction of sp³-hybridized carbons (Fsp3) is 0.667. The van der Waals surface area contributed by atoms with Crippen LogP contribution in [0.5, 0.6) is 0 Å². The standard InChI is InChI=1S/C9H15Cl2N3O2S/c1-6(4-10)7(2)13-17(15,16)9-8(11)5-12-14(9)3/h5-7,13H,4H2,1-3H3. The van der Waals surface area contributed by atoms with Gasteiger partial charge in [0.15, 0.2) is 5.03 Å². The number of sulfonamides is 1. The number of alkyl halides is 1. The van der Waals surface area contributed by atoms with Crippen LogP contribution in [0.1, 0.15) is 13.8 Å². The van der Waals surface area contributed by atoms with Crippen LogP contribution >= 0.6 is 23.2 Å². The van der Waals surface area contributed by atoms with Gasteiger partial charge in [0, 0.05) is 19.0 Å². The van der Waals surface area contributed by atoms with Gasteiger partial charge in [-0.2, -0.15) is 5.10 Å². The van der Waals surface area contributed by atoms with Gasteiger partial charge < -0.3 is 0 Å². The Morgan fingerprint density at radius 1 is 1.53 bits per heavy atom. The second-order valence-electron chi connectivity index (χ2n) is 3.96. The molecule has 0 spiro atoms. The predicted molar refractivity (Wildman–Crippen MR) is 67.9 cm³/mol. The monoisotopic (exact) mass is 299 g/mol. The maximum absolute atomic E-state index is 12.1. The van der Waals surface area contributed by atoms with Crippen molar-refractivity contribution in [2.45, 2.75) is 24.9 Å². The molecule has 0 aliphatic rings. The third-order valence-electron chi connectivity index (χ3n) is 2.54. The Morgan fingerprint density at radius 2 is 2.12 bits per heavy atom. The minimum Gasteiger partial charge on any atom is -0.255 e. The summed E-state index contributed by atoms with van der Waals surface area (Å²) in [6, 6.07) is -0.275. The van der Waals surface area contributed by atoms with E-state index in [1.54, 1.807) is 6.92 Å². The van der Waals surface area contributed by atoms with E-state index < -0.39 is 10.0 Å². The van der Waals surface area contributed by atoms with Crippen LogP contribution in [0.2, 0.25) is 5.02 Å². The molecule has 17 heavy (non-hydrogen) atoms. The molecule has 0 aliphatic carbocycles. The zero-order chi connectivity index (χ0) is 13.2. The van der Waals surface area contributed by atoms with E-state index in [-0.39, 0.29) is 22.0 Å². The normalized spacial score (nSPS) is 15.8. The van der Waals surface area contributed by atoms with Gasteiger partial charge >= 0.3 is 0 Å². The summed E-state index contributed by atoms with van der Waals surface area (Å²) in [5, 5.41) is 3.86. The summed E-state index contributed by atoms with van der Waals surface area (Å²) in [6.07, 6.45) is 1.30. The maximum Gasteiger partial charge on any atom is 0.259 e.